The van der Waals surface area contributed by atoms with Crippen LogP contribution in [-0.2, 0) is 11.2 Å². The number of aliphatic imine (C=N–C) groups is 1. The summed E-state index contributed by atoms with van der Waals surface area (Å²) in [7, 11) is 0. The van der Waals surface area contributed by atoms with Crippen molar-refractivity contribution in [3.63, 3.8) is 0 Å². The zero-order valence-electron chi connectivity index (χ0n) is 10.5. The lowest BCUT2D eigenvalue weighted by atomic mass is 10.1. The van der Waals surface area contributed by atoms with Crippen molar-refractivity contribution in [2.45, 2.75) is 32.4 Å². The van der Waals surface area contributed by atoms with E-state index < -0.39 is 0 Å². The van der Waals surface area contributed by atoms with Gasteiger partial charge in [-0.25, -0.2) is 4.99 Å². The summed E-state index contributed by atoms with van der Waals surface area (Å²) >= 11 is 0. The second kappa shape index (κ2) is 5.32. The first-order valence-corrected chi connectivity index (χ1v) is 6.17. The summed E-state index contributed by atoms with van der Waals surface area (Å²) in [6.45, 7) is 4.83. The number of nitrogens with zero attached hydrogens (tertiary/aromatic N) is 1. The molecule has 1 heterocycles. The van der Waals surface area contributed by atoms with Gasteiger partial charge >= 0.3 is 0 Å². The van der Waals surface area contributed by atoms with Gasteiger partial charge in [0.2, 0.25) is 5.90 Å². The van der Waals surface area contributed by atoms with Crippen LogP contribution in [0.3, 0.4) is 0 Å². The van der Waals surface area contributed by atoms with Gasteiger partial charge in [0, 0.05) is 0 Å². The Labute approximate surface area is 103 Å². The van der Waals surface area contributed by atoms with Gasteiger partial charge in [0.25, 0.3) is 0 Å². The SMILES string of the molecule is CC(C)[C@H](N)C1=N[C@@H](Cc2ccccc2)CO1. The molecule has 92 valence electrons. The molecule has 3 nitrogen and oxygen atoms in total. The Morgan fingerprint density at radius 2 is 2.06 bits per heavy atom. The summed E-state index contributed by atoms with van der Waals surface area (Å²) in [5.41, 5.74) is 7.32. The van der Waals surface area contributed by atoms with Gasteiger partial charge in [-0.05, 0) is 17.9 Å². The molecule has 2 rings (SSSR count). The molecule has 0 aromatic heterocycles. The van der Waals surface area contributed by atoms with Gasteiger partial charge in [-0.2, -0.15) is 0 Å². The summed E-state index contributed by atoms with van der Waals surface area (Å²) < 4.78 is 5.59. The zero-order chi connectivity index (χ0) is 12.3. The van der Waals surface area contributed by atoms with Crippen LogP contribution < -0.4 is 5.73 Å². The number of hydrogen-bond acceptors (Lipinski definition) is 3. The van der Waals surface area contributed by atoms with Crippen molar-refractivity contribution in [2.75, 3.05) is 6.61 Å². The summed E-state index contributed by atoms with van der Waals surface area (Å²) in [6, 6.07) is 10.5. The highest BCUT2D eigenvalue weighted by Gasteiger charge is 2.25. The highest BCUT2D eigenvalue weighted by atomic mass is 16.5. The van der Waals surface area contributed by atoms with Crippen LogP contribution in [0, 0.1) is 5.92 Å². The molecule has 0 saturated heterocycles. The second-order valence-electron chi connectivity index (χ2n) is 4.89. The Morgan fingerprint density at radius 3 is 2.71 bits per heavy atom. The summed E-state index contributed by atoms with van der Waals surface area (Å²) in [5, 5.41) is 0. The van der Waals surface area contributed by atoms with E-state index in [1.807, 2.05) is 6.07 Å². The lowest BCUT2D eigenvalue weighted by Gasteiger charge is -2.14. The second-order valence-corrected chi connectivity index (χ2v) is 4.89. The average molecular weight is 232 g/mol. The fourth-order valence-electron chi connectivity index (χ4n) is 1.89. The topological polar surface area (TPSA) is 47.6 Å². The fourth-order valence-corrected chi connectivity index (χ4v) is 1.89. The Kier molecular flexibility index (Phi) is 3.79. The van der Waals surface area contributed by atoms with Crippen LogP contribution in [0.25, 0.3) is 0 Å². The molecule has 2 N–H and O–H groups in total. The van der Waals surface area contributed by atoms with Crippen LogP contribution in [0.2, 0.25) is 0 Å². The minimum absolute atomic E-state index is 0.0734. The molecular weight excluding hydrogens is 212 g/mol. The van der Waals surface area contributed by atoms with E-state index >= 15 is 0 Å². The summed E-state index contributed by atoms with van der Waals surface area (Å²) in [5.74, 6) is 1.09. The minimum Gasteiger partial charge on any atom is -0.478 e. The lowest BCUT2D eigenvalue weighted by Crippen LogP contribution is -2.35. The van der Waals surface area contributed by atoms with E-state index in [1.165, 1.54) is 5.56 Å². The van der Waals surface area contributed by atoms with E-state index in [9.17, 15) is 0 Å². The number of ether oxygens (including phenoxy) is 1. The largest absolute Gasteiger partial charge is 0.478 e. The van der Waals surface area contributed by atoms with Crippen molar-refractivity contribution in [1.82, 2.24) is 0 Å². The van der Waals surface area contributed by atoms with E-state index in [0.29, 0.717) is 12.5 Å². The predicted molar refractivity (Wildman–Crippen MR) is 70.1 cm³/mol. The number of benzene rings is 1. The average Bonchev–Trinajstić information content (AvgIpc) is 2.77. The van der Waals surface area contributed by atoms with Crippen molar-refractivity contribution >= 4 is 5.90 Å². The molecule has 1 aliphatic heterocycles. The molecule has 0 fully saturated rings. The predicted octanol–water partition coefficient (Wildman–Crippen LogP) is 2.01. The standard InChI is InChI=1S/C14H20N2O/c1-10(2)13(15)14-16-12(9-17-14)8-11-6-4-3-5-7-11/h3-7,10,12-13H,8-9,15H2,1-2H3/t12-,13-/m0/s1. The Bertz CT molecular complexity index is 386. The van der Waals surface area contributed by atoms with Crippen molar-refractivity contribution < 1.29 is 4.74 Å². The van der Waals surface area contributed by atoms with E-state index in [-0.39, 0.29) is 12.1 Å². The Balaban J connectivity index is 1.97. The monoisotopic (exact) mass is 232 g/mol. The van der Waals surface area contributed by atoms with Crippen molar-refractivity contribution in [1.29, 1.82) is 0 Å². The molecule has 0 radical (unpaired) electrons. The molecule has 17 heavy (non-hydrogen) atoms. The van der Waals surface area contributed by atoms with E-state index in [1.54, 1.807) is 0 Å². The maximum absolute atomic E-state index is 6.02. The van der Waals surface area contributed by atoms with Gasteiger partial charge < -0.3 is 10.5 Å². The molecule has 0 unspecified atom stereocenters. The first-order valence-electron chi connectivity index (χ1n) is 6.17. The highest BCUT2D eigenvalue weighted by molar-refractivity contribution is 5.83. The summed E-state index contributed by atoms with van der Waals surface area (Å²) in [4.78, 5) is 4.57. The molecule has 0 saturated carbocycles. The third kappa shape index (κ3) is 3.07. The third-order valence-electron chi connectivity index (χ3n) is 3.05. The highest BCUT2D eigenvalue weighted by Crippen LogP contribution is 2.15. The van der Waals surface area contributed by atoms with Crippen LogP contribution in [-0.4, -0.2) is 24.6 Å². The fraction of sp³-hybridized carbons (Fsp3) is 0.500. The smallest absolute Gasteiger partial charge is 0.201 e. The van der Waals surface area contributed by atoms with Gasteiger partial charge in [0.05, 0.1) is 12.1 Å². The molecule has 1 aromatic rings. The minimum atomic E-state index is -0.0734. The molecule has 0 spiro atoms. The van der Waals surface area contributed by atoms with Crippen LogP contribution in [0.4, 0.5) is 0 Å². The normalized spacial score (nSPS) is 21.2. The molecule has 0 bridgehead atoms. The van der Waals surface area contributed by atoms with Gasteiger partial charge in [0.1, 0.15) is 6.61 Å². The Morgan fingerprint density at radius 1 is 1.35 bits per heavy atom. The molecule has 3 heteroatoms. The molecule has 1 aliphatic rings. The number of rotatable bonds is 4. The quantitative estimate of drug-likeness (QED) is 0.863. The maximum Gasteiger partial charge on any atom is 0.201 e. The van der Waals surface area contributed by atoms with Crippen molar-refractivity contribution in [2.24, 2.45) is 16.6 Å². The van der Waals surface area contributed by atoms with Gasteiger partial charge in [-0.1, -0.05) is 44.2 Å². The number of nitrogens with two attached hydrogens (primary N) is 1. The van der Waals surface area contributed by atoms with Gasteiger partial charge in [-0.3, -0.25) is 0 Å². The zero-order valence-corrected chi connectivity index (χ0v) is 10.5. The summed E-state index contributed by atoms with van der Waals surface area (Å²) in [6.07, 6.45) is 0.926. The maximum atomic E-state index is 6.02. The van der Waals surface area contributed by atoms with Crippen LogP contribution in [0.5, 0.6) is 0 Å². The molecule has 0 amide bonds. The Hall–Kier alpha value is -1.35. The van der Waals surface area contributed by atoms with Crippen molar-refractivity contribution in [3.8, 4) is 0 Å². The third-order valence-corrected chi connectivity index (χ3v) is 3.05. The van der Waals surface area contributed by atoms with Crippen LogP contribution >= 0.6 is 0 Å². The van der Waals surface area contributed by atoms with E-state index in [0.717, 1.165) is 12.3 Å². The van der Waals surface area contributed by atoms with E-state index in [2.05, 4.69) is 43.1 Å². The molecule has 1 aromatic carbocycles. The number of hydrogen-bond donors (Lipinski definition) is 1. The van der Waals surface area contributed by atoms with Crippen LogP contribution in [0.1, 0.15) is 19.4 Å². The molecule has 0 aliphatic carbocycles. The first kappa shape index (κ1) is 12.1. The van der Waals surface area contributed by atoms with E-state index in [4.69, 9.17) is 10.5 Å². The molecular formula is C14H20N2O. The van der Waals surface area contributed by atoms with Gasteiger partial charge in [-0.15, -0.1) is 0 Å². The van der Waals surface area contributed by atoms with Crippen LogP contribution in [0.15, 0.2) is 35.3 Å². The lowest BCUT2D eigenvalue weighted by molar-refractivity contribution is 0.298. The van der Waals surface area contributed by atoms with Gasteiger partial charge in [0.15, 0.2) is 0 Å². The molecule has 2 atom stereocenters. The first-order chi connectivity index (χ1) is 8.16. The van der Waals surface area contributed by atoms with Crippen molar-refractivity contribution in [3.05, 3.63) is 35.9 Å².